The summed E-state index contributed by atoms with van der Waals surface area (Å²) in [5, 5.41) is 0.344. The summed E-state index contributed by atoms with van der Waals surface area (Å²) < 4.78 is 24.7. The Balaban J connectivity index is 2.88. The maximum Gasteiger partial charge on any atom is 0.355 e. The van der Waals surface area contributed by atoms with E-state index in [-0.39, 0.29) is 17.0 Å². The molecule has 1 heterocycles. The van der Waals surface area contributed by atoms with Gasteiger partial charge in [-0.2, -0.15) is 0 Å². The fraction of sp³-hybridized carbons (Fsp3) is 0.231. The summed E-state index contributed by atoms with van der Waals surface area (Å²) >= 11 is 0. The van der Waals surface area contributed by atoms with Crippen LogP contribution in [0.3, 0.4) is 0 Å². The first-order valence-corrected chi connectivity index (χ1v) is 5.44. The molecule has 0 fully saturated rings. The summed E-state index contributed by atoms with van der Waals surface area (Å²) in [6, 6.07) is 2.61. The molecule has 0 aliphatic rings. The van der Waals surface area contributed by atoms with Crippen molar-refractivity contribution < 1.29 is 23.5 Å². The lowest BCUT2D eigenvalue weighted by Gasteiger charge is -2.04. The number of nitrogens with zero attached hydrogens (tertiary/aromatic N) is 1. The molecular weight excluding hydrogens is 253 g/mol. The normalized spacial score (nSPS) is 10.5. The number of carbonyl (C=O) groups excluding carboxylic acids is 2. The molecule has 0 saturated heterocycles. The van der Waals surface area contributed by atoms with Gasteiger partial charge in [-0.15, -0.1) is 0 Å². The van der Waals surface area contributed by atoms with Gasteiger partial charge in [0.05, 0.1) is 25.3 Å². The number of aryl methyl sites for hydroxylation is 1. The Morgan fingerprint density at radius 1 is 1.37 bits per heavy atom. The van der Waals surface area contributed by atoms with E-state index in [9.17, 15) is 14.0 Å². The zero-order valence-electron chi connectivity index (χ0n) is 10.7. The molecule has 0 unspecified atom stereocenters. The van der Waals surface area contributed by atoms with E-state index in [0.29, 0.717) is 17.2 Å². The molecule has 0 N–H and O–H groups in total. The quantitative estimate of drug-likeness (QED) is 0.628. The molecule has 0 aliphatic heterocycles. The number of halogens is 1. The number of rotatable bonds is 3. The van der Waals surface area contributed by atoms with Gasteiger partial charge in [-0.05, 0) is 6.07 Å². The zero-order valence-corrected chi connectivity index (χ0v) is 10.7. The molecule has 6 heteroatoms. The van der Waals surface area contributed by atoms with Crippen LogP contribution in [0.25, 0.3) is 10.9 Å². The molecule has 0 radical (unpaired) electrons. The van der Waals surface area contributed by atoms with Gasteiger partial charge >= 0.3 is 5.97 Å². The molecule has 0 amide bonds. The number of hydrogen-bond donors (Lipinski definition) is 0. The third kappa shape index (κ3) is 1.85. The molecule has 0 aliphatic carbocycles. The Hall–Kier alpha value is -2.37. The van der Waals surface area contributed by atoms with Crippen LogP contribution in [0.1, 0.15) is 20.8 Å². The van der Waals surface area contributed by atoms with Crippen molar-refractivity contribution in [1.82, 2.24) is 4.57 Å². The number of ether oxygens (including phenoxy) is 2. The van der Waals surface area contributed by atoms with Crippen LogP contribution in [0.5, 0.6) is 5.75 Å². The maximum absolute atomic E-state index is 13.7. The average Bonchev–Trinajstić information content (AvgIpc) is 2.68. The number of aldehydes is 1. The van der Waals surface area contributed by atoms with Crippen LogP contribution in [0.2, 0.25) is 0 Å². The number of aromatic nitrogens is 1. The lowest BCUT2D eigenvalue weighted by Crippen LogP contribution is -2.09. The van der Waals surface area contributed by atoms with Crippen molar-refractivity contribution in [3.8, 4) is 5.75 Å². The Labute approximate surface area is 108 Å². The Morgan fingerprint density at radius 2 is 2.05 bits per heavy atom. The topological polar surface area (TPSA) is 57.5 Å². The highest BCUT2D eigenvalue weighted by molar-refractivity contribution is 6.08. The number of esters is 1. The molecule has 0 saturated carbocycles. The second-order valence-corrected chi connectivity index (χ2v) is 3.93. The molecule has 0 spiro atoms. The highest BCUT2D eigenvalue weighted by Crippen LogP contribution is 2.30. The second kappa shape index (κ2) is 4.72. The van der Waals surface area contributed by atoms with Crippen molar-refractivity contribution in [2.45, 2.75) is 0 Å². The summed E-state index contributed by atoms with van der Waals surface area (Å²) in [6.45, 7) is 0. The van der Waals surface area contributed by atoms with Gasteiger partial charge in [-0.1, -0.05) is 0 Å². The third-order valence-electron chi connectivity index (χ3n) is 3.01. The van der Waals surface area contributed by atoms with Crippen LogP contribution in [0, 0.1) is 5.82 Å². The average molecular weight is 265 g/mol. The standard InChI is InChI=1S/C13H12FNO4/c1-15-10-5-11(18-2)9(14)4-7(10)8(6-16)12(15)13(17)19-3/h4-6H,1-3H3. The minimum absolute atomic E-state index is 0.0435. The summed E-state index contributed by atoms with van der Waals surface area (Å²) in [5.41, 5.74) is 0.701. The number of hydrogen-bond acceptors (Lipinski definition) is 4. The van der Waals surface area contributed by atoms with Gasteiger partial charge in [0.15, 0.2) is 17.9 Å². The van der Waals surface area contributed by atoms with E-state index in [1.165, 1.54) is 30.9 Å². The smallest absolute Gasteiger partial charge is 0.355 e. The molecule has 1 aromatic carbocycles. The minimum Gasteiger partial charge on any atom is -0.494 e. The number of carbonyl (C=O) groups is 2. The van der Waals surface area contributed by atoms with Crippen LogP contribution >= 0.6 is 0 Å². The Morgan fingerprint density at radius 3 is 2.58 bits per heavy atom. The van der Waals surface area contributed by atoms with Gasteiger partial charge in [0, 0.05) is 18.5 Å². The molecule has 1 aromatic heterocycles. The number of fused-ring (bicyclic) bond motifs is 1. The SMILES string of the molecule is COC(=O)c1c(C=O)c2cc(F)c(OC)cc2n1C. The Bertz CT molecular complexity index is 675. The lowest BCUT2D eigenvalue weighted by molar-refractivity contribution is 0.0588. The van der Waals surface area contributed by atoms with Gasteiger partial charge < -0.3 is 14.0 Å². The molecular formula is C13H12FNO4. The van der Waals surface area contributed by atoms with Crippen LogP contribution in [-0.4, -0.2) is 31.0 Å². The highest BCUT2D eigenvalue weighted by Gasteiger charge is 2.22. The zero-order chi connectivity index (χ0) is 14.2. The molecule has 0 bridgehead atoms. The third-order valence-corrected chi connectivity index (χ3v) is 3.01. The van der Waals surface area contributed by atoms with Crippen LogP contribution < -0.4 is 4.74 Å². The lowest BCUT2D eigenvalue weighted by atomic mass is 10.1. The van der Waals surface area contributed by atoms with Crippen molar-refractivity contribution in [3.63, 3.8) is 0 Å². The van der Waals surface area contributed by atoms with Gasteiger partial charge in [0.25, 0.3) is 0 Å². The van der Waals surface area contributed by atoms with Crippen molar-refractivity contribution in [3.05, 3.63) is 29.2 Å². The first-order valence-electron chi connectivity index (χ1n) is 5.44. The van der Waals surface area contributed by atoms with Crippen LogP contribution in [0.15, 0.2) is 12.1 Å². The number of benzene rings is 1. The second-order valence-electron chi connectivity index (χ2n) is 3.93. The van der Waals surface area contributed by atoms with Gasteiger partial charge in [-0.3, -0.25) is 4.79 Å². The molecule has 100 valence electrons. The van der Waals surface area contributed by atoms with Crippen molar-refractivity contribution >= 4 is 23.2 Å². The molecule has 2 rings (SSSR count). The van der Waals surface area contributed by atoms with E-state index in [0.717, 1.165) is 0 Å². The van der Waals surface area contributed by atoms with Gasteiger partial charge in [-0.25, -0.2) is 9.18 Å². The summed E-state index contributed by atoms with van der Waals surface area (Å²) in [4.78, 5) is 22.9. The van der Waals surface area contributed by atoms with E-state index in [1.54, 1.807) is 7.05 Å². The van der Waals surface area contributed by atoms with Crippen molar-refractivity contribution in [2.75, 3.05) is 14.2 Å². The largest absolute Gasteiger partial charge is 0.494 e. The molecule has 0 atom stereocenters. The van der Waals surface area contributed by atoms with E-state index in [1.807, 2.05) is 0 Å². The number of methoxy groups -OCH3 is 2. The van der Waals surface area contributed by atoms with Gasteiger partial charge in [0.2, 0.25) is 0 Å². The van der Waals surface area contributed by atoms with Crippen molar-refractivity contribution in [2.24, 2.45) is 7.05 Å². The predicted molar refractivity (Wildman–Crippen MR) is 66.2 cm³/mol. The van der Waals surface area contributed by atoms with E-state index >= 15 is 0 Å². The summed E-state index contributed by atoms with van der Waals surface area (Å²) in [7, 11) is 4.16. The first kappa shape index (κ1) is 13.1. The first-order chi connectivity index (χ1) is 9.04. The summed E-state index contributed by atoms with van der Waals surface area (Å²) in [5.74, 6) is -1.21. The van der Waals surface area contributed by atoms with Gasteiger partial charge in [0.1, 0.15) is 5.69 Å². The summed E-state index contributed by atoms with van der Waals surface area (Å²) in [6.07, 6.45) is 0.514. The molecule has 19 heavy (non-hydrogen) atoms. The van der Waals surface area contributed by atoms with E-state index in [2.05, 4.69) is 4.74 Å². The van der Waals surface area contributed by atoms with Crippen LogP contribution in [-0.2, 0) is 11.8 Å². The van der Waals surface area contributed by atoms with Crippen molar-refractivity contribution in [1.29, 1.82) is 0 Å². The fourth-order valence-corrected chi connectivity index (χ4v) is 2.08. The van der Waals surface area contributed by atoms with E-state index in [4.69, 9.17) is 4.74 Å². The van der Waals surface area contributed by atoms with E-state index < -0.39 is 11.8 Å². The van der Waals surface area contributed by atoms with Crippen LogP contribution in [0.4, 0.5) is 4.39 Å². The maximum atomic E-state index is 13.7. The highest BCUT2D eigenvalue weighted by atomic mass is 19.1. The molecule has 2 aromatic rings. The monoisotopic (exact) mass is 265 g/mol. The predicted octanol–water partition coefficient (Wildman–Crippen LogP) is 1.93. The minimum atomic E-state index is -0.653. The fourth-order valence-electron chi connectivity index (χ4n) is 2.08. The Kier molecular flexibility index (Phi) is 3.25. The molecule has 5 nitrogen and oxygen atoms in total.